The number of ether oxygens (including phenoxy) is 4. The van der Waals surface area contributed by atoms with E-state index in [2.05, 4.69) is 35.0 Å². The van der Waals surface area contributed by atoms with Crippen molar-refractivity contribution in [1.29, 1.82) is 0 Å². The van der Waals surface area contributed by atoms with E-state index in [4.69, 9.17) is 14.2 Å². The predicted octanol–water partition coefficient (Wildman–Crippen LogP) is 4.96. The molecule has 12 nitrogen and oxygen atoms in total. The van der Waals surface area contributed by atoms with E-state index in [1.165, 1.54) is 50.2 Å². The van der Waals surface area contributed by atoms with Gasteiger partial charge >= 0.3 is 12.1 Å². The molecule has 5 aromatic rings. The van der Waals surface area contributed by atoms with E-state index in [0.717, 1.165) is 11.1 Å². The number of methoxy groups -OCH3 is 2. The monoisotopic (exact) mass is 578 g/mol. The molecule has 0 aliphatic heterocycles. The van der Waals surface area contributed by atoms with Crippen LogP contribution in [0.25, 0.3) is 31.8 Å². The first kappa shape index (κ1) is 27.6. The SMILES string of the molecule is COC(=O)c1ncc(NC(=O)O[C@H](C)COc2cc3sc(-c4cc(C)cc5nc(OC)cnc45)nc3cc2F)cn1. The highest BCUT2D eigenvalue weighted by molar-refractivity contribution is 7.21. The quantitative estimate of drug-likeness (QED) is 0.249. The van der Waals surface area contributed by atoms with Crippen molar-refractivity contribution in [3.05, 3.63) is 60.1 Å². The largest absolute Gasteiger partial charge is 0.487 e. The molecule has 5 rings (SSSR count). The number of rotatable bonds is 8. The maximum atomic E-state index is 14.9. The van der Waals surface area contributed by atoms with Crippen LogP contribution in [-0.2, 0) is 9.47 Å². The van der Waals surface area contributed by atoms with Gasteiger partial charge in [0.2, 0.25) is 11.7 Å². The number of anilines is 1. The highest BCUT2D eigenvalue weighted by Gasteiger charge is 2.18. The molecule has 0 spiro atoms. The molecule has 0 aliphatic rings. The number of aryl methyl sites for hydroxylation is 1. The molecule has 3 aromatic heterocycles. The van der Waals surface area contributed by atoms with Gasteiger partial charge in [-0.2, -0.15) is 0 Å². The van der Waals surface area contributed by atoms with Crippen molar-refractivity contribution in [3.63, 3.8) is 0 Å². The van der Waals surface area contributed by atoms with Gasteiger partial charge in [-0.05, 0) is 31.5 Å². The molecule has 1 amide bonds. The number of carbonyl (C=O) groups is 2. The van der Waals surface area contributed by atoms with Gasteiger partial charge in [0.1, 0.15) is 17.7 Å². The lowest BCUT2D eigenvalue weighted by Gasteiger charge is -2.15. The summed E-state index contributed by atoms with van der Waals surface area (Å²) in [6.07, 6.45) is 2.48. The second-order valence-electron chi connectivity index (χ2n) is 8.80. The standard InChI is InChI=1S/C27H23FN6O6S/c1-13-5-16(23-19(6-13)33-22(37-3)11-29-23)25-34-18-7-17(28)20(8-21(18)41-25)39-12-14(2)40-27(36)32-15-9-30-24(31-10-15)26(35)38-4/h5-11,14H,12H2,1-4H3,(H,32,36)/t14-/m1/s1. The summed E-state index contributed by atoms with van der Waals surface area (Å²) in [5.74, 6) is -1.06. The van der Waals surface area contributed by atoms with Gasteiger partial charge in [0.25, 0.3) is 0 Å². The Bertz CT molecular complexity index is 1760. The molecule has 41 heavy (non-hydrogen) atoms. The Morgan fingerprint density at radius 3 is 2.54 bits per heavy atom. The van der Waals surface area contributed by atoms with Crippen LogP contribution in [0, 0.1) is 12.7 Å². The maximum absolute atomic E-state index is 14.9. The lowest BCUT2D eigenvalue weighted by molar-refractivity contribution is 0.0586. The molecular weight excluding hydrogens is 555 g/mol. The number of nitrogens with one attached hydrogen (secondary N) is 1. The summed E-state index contributed by atoms with van der Waals surface area (Å²) in [5, 5.41) is 3.10. The van der Waals surface area contributed by atoms with Gasteiger partial charge in [-0.3, -0.25) is 5.32 Å². The smallest absolute Gasteiger partial charge is 0.412 e. The minimum absolute atomic E-state index is 0.00557. The number of hydrogen-bond donors (Lipinski definition) is 1. The van der Waals surface area contributed by atoms with Crippen LogP contribution in [0.2, 0.25) is 0 Å². The number of thiazole rings is 1. The van der Waals surface area contributed by atoms with Crippen molar-refractivity contribution in [3.8, 4) is 22.2 Å². The highest BCUT2D eigenvalue weighted by Crippen LogP contribution is 2.37. The van der Waals surface area contributed by atoms with Crippen LogP contribution in [0.15, 0.2) is 42.9 Å². The second-order valence-corrected chi connectivity index (χ2v) is 9.83. The molecule has 1 N–H and O–H groups in total. The first-order valence-corrected chi connectivity index (χ1v) is 13.0. The van der Waals surface area contributed by atoms with E-state index >= 15 is 0 Å². The lowest BCUT2D eigenvalue weighted by Crippen LogP contribution is -2.25. The Kier molecular flexibility index (Phi) is 7.83. The van der Waals surface area contributed by atoms with Crippen LogP contribution >= 0.6 is 11.3 Å². The van der Waals surface area contributed by atoms with E-state index in [0.29, 0.717) is 32.1 Å². The predicted molar refractivity (Wildman–Crippen MR) is 148 cm³/mol. The molecule has 14 heteroatoms. The highest BCUT2D eigenvalue weighted by atomic mass is 32.1. The summed E-state index contributed by atoms with van der Waals surface area (Å²) in [6.45, 7) is 3.43. The number of amides is 1. The maximum Gasteiger partial charge on any atom is 0.412 e. The zero-order valence-electron chi connectivity index (χ0n) is 22.3. The van der Waals surface area contributed by atoms with E-state index in [1.807, 2.05) is 19.1 Å². The Morgan fingerprint density at radius 2 is 1.80 bits per heavy atom. The summed E-state index contributed by atoms with van der Waals surface area (Å²) >= 11 is 1.36. The van der Waals surface area contributed by atoms with Gasteiger partial charge in [-0.25, -0.2) is 38.9 Å². The van der Waals surface area contributed by atoms with Gasteiger partial charge in [0.05, 0.1) is 59.7 Å². The number of esters is 1. The summed E-state index contributed by atoms with van der Waals surface area (Å²) in [7, 11) is 2.73. The molecule has 0 radical (unpaired) electrons. The molecule has 0 fully saturated rings. The Hall–Kier alpha value is -4.98. The molecule has 0 bridgehead atoms. The normalized spacial score (nSPS) is 11.7. The molecular formula is C27H23FN6O6S. The number of benzene rings is 2. The number of hydrogen-bond acceptors (Lipinski definition) is 12. The Morgan fingerprint density at radius 1 is 1.02 bits per heavy atom. The molecule has 0 saturated carbocycles. The first-order chi connectivity index (χ1) is 19.7. The van der Waals surface area contributed by atoms with E-state index in [1.54, 1.807) is 13.0 Å². The number of nitrogens with zero attached hydrogens (tertiary/aromatic N) is 5. The summed E-state index contributed by atoms with van der Waals surface area (Å²) in [4.78, 5) is 44.8. The molecule has 0 aliphatic carbocycles. The van der Waals surface area contributed by atoms with E-state index in [9.17, 15) is 14.0 Å². The van der Waals surface area contributed by atoms with Crippen molar-refractivity contribution < 1.29 is 32.9 Å². The molecule has 3 heterocycles. The average molecular weight is 579 g/mol. The molecule has 1 atom stereocenters. The summed E-state index contributed by atoms with van der Waals surface area (Å²) < 4.78 is 36.2. The van der Waals surface area contributed by atoms with E-state index < -0.39 is 24.0 Å². The number of carbonyl (C=O) groups excluding carboxylic acids is 2. The van der Waals surface area contributed by atoms with Gasteiger partial charge in [0, 0.05) is 17.7 Å². The van der Waals surface area contributed by atoms with Gasteiger partial charge in [-0.1, -0.05) is 0 Å². The Labute approximate surface area is 236 Å². The van der Waals surface area contributed by atoms with Crippen molar-refractivity contribution in [2.45, 2.75) is 20.0 Å². The van der Waals surface area contributed by atoms with Gasteiger partial charge in [0.15, 0.2) is 11.6 Å². The molecule has 0 unspecified atom stereocenters. The number of halogens is 1. The van der Waals surface area contributed by atoms with Crippen LogP contribution in [0.5, 0.6) is 11.6 Å². The van der Waals surface area contributed by atoms with Crippen LogP contribution in [0.1, 0.15) is 23.1 Å². The van der Waals surface area contributed by atoms with Crippen molar-refractivity contribution in [2.75, 3.05) is 26.1 Å². The fourth-order valence-corrected chi connectivity index (χ4v) is 4.82. The number of fused-ring (bicyclic) bond motifs is 2. The topological polar surface area (TPSA) is 148 Å². The fourth-order valence-electron chi connectivity index (χ4n) is 3.83. The minimum Gasteiger partial charge on any atom is -0.487 e. The average Bonchev–Trinajstić information content (AvgIpc) is 3.37. The van der Waals surface area contributed by atoms with Crippen LogP contribution in [0.4, 0.5) is 14.9 Å². The third kappa shape index (κ3) is 6.11. The number of aromatic nitrogens is 5. The molecule has 2 aromatic carbocycles. The molecule has 210 valence electrons. The summed E-state index contributed by atoms with van der Waals surface area (Å²) in [5.41, 5.74) is 3.74. The zero-order valence-corrected chi connectivity index (χ0v) is 23.1. The minimum atomic E-state index is -0.801. The van der Waals surface area contributed by atoms with Crippen LogP contribution in [0.3, 0.4) is 0 Å². The first-order valence-electron chi connectivity index (χ1n) is 12.2. The van der Waals surface area contributed by atoms with Crippen LogP contribution < -0.4 is 14.8 Å². The summed E-state index contributed by atoms with van der Waals surface area (Å²) in [6, 6.07) is 6.73. The van der Waals surface area contributed by atoms with Crippen molar-refractivity contribution in [1.82, 2.24) is 24.9 Å². The van der Waals surface area contributed by atoms with Crippen LogP contribution in [-0.4, -0.2) is 63.9 Å². The second kappa shape index (κ2) is 11.6. The Balaban J connectivity index is 1.26. The zero-order chi connectivity index (χ0) is 29.1. The van der Waals surface area contributed by atoms with E-state index in [-0.39, 0.29) is 23.9 Å². The lowest BCUT2D eigenvalue weighted by atomic mass is 10.1. The molecule has 0 saturated heterocycles. The fraction of sp³-hybridized carbons (Fsp3) is 0.222. The van der Waals surface area contributed by atoms with Gasteiger partial charge in [-0.15, -0.1) is 11.3 Å². The third-order valence-electron chi connectivity index (χ3n) is 5.70. The third-order valence-corrected chi connectivity index (χ3v) is 6.75. The van der Waals surface area contributed by atoms with Crippen molar-refractivity contribution >= 4 is 50.3 Å². The van der Waals surface area contributed by atoms with Gasteiger partial charge < -0.3 is 18.9 Å². The van der Waals surface area contributed by atoms with Crippen molar-refractivity contribution in [2.24, 2.45) is 0 Å².